The summed E-state index contributed by atoms with van der Waals surface area (Å²) in [5.74, 6) is -1.52. The van der Waals surface area contributed by atoms with Crippen molar-refractivity contribution >= 4 is 23.0 Å². The van der Waals surface area contributed by atoms with Crippen LogP contribution in [0.2, 0.25) is 0 Å². The van der Waals surface area contributed by atoms with Crippen molar-refractivity contribution in [1.82, 2.24) is 4.90 Å². The number of non-ortho nitro benzene ring substituents is 1. The van der Waals surface area contributed by atoms with E-state index in [0.717, 1.165) is 43.1 Å². The quantitative estimate of drug-likeness (QED) is 0.521. The average molecular weight is 453 g/mol. The third kappa shape index (κ3) is 3.86. The molecule has 2 aromatic rings. The normalized spacial score (nSPS) is 21.9. The molecule has 1 amide bonds. The van der Waals surface area contributed by atoms with Crippen LogP contribution in [-0.4, -0.2) is 61.8 Å². The lowest BCUT2D eigenvalue weighted by Gasteiger charge is -2.41. The molecule has 2 fully saturated rings. The Morgan fingerprint density at radius 3 is 2.24 bits per heavy atom. The van der Waals surface area contributed by atoms with Crippen molar-refractivity contribution in [2.24, 2.45) is 5.41 Å². The van der Waals surface area contributed by atoms with Gasteiger partial charge in [-0.3, -0.25) is 24.7 Å². The standard InChI is InChI=1S/C24H28N4O5/c1-23(2)15-32-24(33-16-23)20-5-3-4-6-21(20)27(22(24)29)17-25-11-13-26(14-12-25)18-7-9-19(10-8-18)28(30)31/h3-10H,11-17H2,1-2H3. The number of carbonyl (C=O) groups is 1. The number of nitrogens with zero attached hydrogens (tertiary/aromatic N) is 4. The molecule has 2 saturated heterocycles. The van der Waals surface area contributed by atoms with Crippen LogP contribution in [0.5, 0.6) is 0 Å². The number of anilines is 2. The summed E-state index contributed by atoms with van der Waals surface area (Å²) in [6, 6.07) is 14.3. The Kier molecular flexibility index (Phi) is 5.35. The molecule has 2 aromatic carbocycles. The van der Waals surface area contributed by atoms with Crippen molar-refractivity contribution in [3.63, 3.8) is 0 Å². The zero-order valence-electron chi connectivity index (χ0n) is 18.9. The lowest BCUT2D eigenvalue weighted by molar-refractivity contribution is -0.384. The summed E-state index contributed by atoms with van der Waals surface area (Å²) in [5.41, 5.74) is 2.53. The van der Waals surface area contributed by atoms with Crippen LogP contribution in [0.25, 0.3) is 0 Å². The number of rotatable bonds is 4. The highest BCUT2D eigenvalue weighted by Crippen LogP contribution is 2.47. The lowest BCUT2D eigenvalue weighted by atomic mass is 9.93. The van der Waals surface area contributed by atoms with Crippen molar-refractivity contribution in [1.29, 1.82) is 0 Å². The number of ether oxygens (including phenoxy) is 2. The first-order chi connectivity index (χ1) is 15.8. The van der Waals surface area contributed by atoms with E-state index in [-0.39, 0.29) is 21.9 Å². The molecule has 33 heavy (non-hydrogen) atoms. The number of hydrogen-bond acceptors (Lipinski definition) is 7. The minimum Gasteiger partial charge on any atom is -0.369 e. The van der Waals surface area contributed by atoms with Gasteiger partial charge in [0.15, 0.2) is 0 Å². The molecule has 0 aliphatic carbocycles. The fourth-order valence-corrected chi connectivity index (χ4v) is 4.62. The first-order valence-electron chi connectivity index (χ1n) is 11.2. The highest BCUT2D eigenvalue weighted by atomic mass is 16.7. The predicted molar refractivity (Wildman–Crippen MR) is 123 cm³/mol. The molecule has 0 atom stereocenters. The summed E-state index contributed by atoms with van der Waals surface area (Å²) < 4.78 is 12.2. The zero-order chi connectivity index (χ0) is 23.2. The molecule has 0 saturated carbocycles. The van der Waals surface area contributed by atoms with Gasteiger partial charge in [0, 0.05) is 55.0 Å². The average Bonchev–Trinajstić information content (AvgIpc) is 3.04. The summed E-state index contributed by atoms with van der Waals surface area (Å²) in [5, 5.41) is 10.9. The molecule has 3 heterocycles. The fourth-order valence-electron chi connectivity index (χ4n) is 4.62. The maximum absolute atomic E-state index is 13.6. The molecule has 5 rings (SSSR count). The van der Waals surface area contributed by atoms with E-state index in [1.165, 1.54) is 12.1 Å². The van der Waals surface area contributed by atoms with Gasteiger partial charge in [-0.25, -0.2) is 0 Å². The first kappa shape index (κ1) is 21.8. The van der Waals surface area contributed by atoms with Gasteiger partial charge in [-0.1, -0.05) is 32.0 Å². The van der Waals surface area contributed by atoms with E-state index < -0.39 is 5.79 Å². The summed E-state index contributed by atoms with van der Waals surface area (Å²) in [6.07, 6.45) is 0. The molecular formula is C24H28N4O5. The second kappa shape index (κ2) is 8.09. The summed E-state index contributed by atoms with van der Waals surface area (Å²) in [4.78, 5) is 30.3. The number of para-hydroxylation sites is 1. The third-order valence-corrected chi connectivity index (χ3v) is 6.55. The van der Waals surface area contributed by atoms with Crippen molar-refractivity contribution in [2.45, 2.75) is 19.6 Å². The molecular weight excluding hydrogens is 424 g/mol. The van der Waals surface area contributed by atoms with Gasteiger partial charge >= 0.3 is 0 Å². The number of nitro groups is 1. The maximum atomic E-state index is 13.6. The molecule has 3 aliphatic rings. The Labute approximate surface area is 192 Å². The number of piperazine rings is 1. The van der Waals surface area contributed by atoms with Crippen LogP contribution in [0.3, 0.4) is 0 Å². The number of hydrogen-bond donors (Lipinski definition) is 0. The Morgan fingerprint density at radius 2 is 1.61 bits per heavy atom. The fraction of sp³-hybridized carbons (Fsp3) is 0.458. The van der Waals surface area contributed by atoms with E-state index in [9.17, 15) is 14.9 Å². The molecule has 174 valence electrons. The Morgan fingerprint density at radius 1 is 0.970 bits per heavy atom. The number of benzene rings is 2. The van der Waals surface area contributed by atoms with Crippen LogP contribution < -0.4 is 9.80 Å². The van der Waals surface area contributed by atoms with Gasteiger partial charge in [0.05, 0.1) is 30.5 Å². The SMILES string of the molecule is CC1(C)COC2(OC1)C(=O)N(CN1CCN(c3ccc([N+](=O)[O-])cc3)CC1)c1ccccc12. The second-order valence-corrected chi connectivity index (χ2v) is 9.63. The molecule has 0 bridgehead atoms. The van der Waals surface area contributed by atoms with Crippen LogP contribution in [0.1, 0.15) is 19.4 Å². The number of fused-ring (bicyclic) bond motifs is 2. The zero-order valence-corrected chi connectivity index (χ0v) is 18.9. The lowest BCUT2D eigenvalue weighted by Crippen LogP contribution is -2.55. The van der Waals surface area contributed by atoms with Crippen LogP contribution in [0.15, 0.2) is 48.5 Å². The molecule has 0 aromatic heterocycles. The van der Waals surface area contributed by atoms with Gasteiger partial charge in [0.2, 0.25) is 0 Å². The van der Waals surface area contributed by atoms with E-state index in [1.807, 2.05) is 24.3 Å². The van der Waals surface area contributed by atoms with E-state index in [0.29, 0.717) is 19.9 Å². The van der Waals surface area contributed by atoms with Crippen molar-refractivity contribution in [3.8, 4) is 0 Å². The second-order valence-electron chi connectivity index (χ2n) is 9.63. The van der Waals surface area contributed by atoms with Gasteiger partial charge in [-0.05, 0) is 18.2 Å². The van der Waals surface area contributed by atoms with E-state index >= 15 is 0 Å². The molecule has 0 unspecified atom stereocenters. The van der Waals surface area contributed by atoms with E-state index in [2.05, 4.69) is 23.6 Å². The van der Waals surface area contributed by atoms with Crippen molar-refractivity contribution in [2.75, 3.05) is 55.9 Å². The van der Waals surface area contributed by atoms with Crippen molar-refractivity contribution in [3.05, 3.63) is 64.2 Å². The maximum Gasteiger partial charge on any atom is 0.293 e. The highest BCUT2D eigenvalue weighted by molar-refractivity contribution is 6.06. The Hall–Kier alpha value is -3.01. The number of nitro benzene ring substituents is 1. The molecule has 9 heteroatoms. The van der Waals surface area contributed by atoms with Gasteiger partial charge in [-0.15, -0.1) is 0 Å². The third-order valence-electron chi connectivity index (χ3n) is 6.55. The topological polar surface area (TPSA) is 88.4 Å². The summed E-state index contributed by atoms with van der Waals surface area (Å²) in [6.45, 7) is 8.57. The Bertz CT molecular complexity index is 1050. The monoisotopic (exact) mass is 452 g/mol. The first-order valence-corrected chi connectivity index (χ1v) is 11.2. The van der Waals surface area contributed by atoms with Crippen LogP contribution >= 0.6 is 0 Å². The summed E-state index contributed by atoms with van der Waals surface area (Å²) >= 11 is 0. The van der Waals surface area contributed by atoms with Gasteiger partial charge < -0.3 is 14.4 Å². The van der Waals surface area contributed by atoms with Crippen molar-refractivity contribution < 1.29 is 19.2 Å². The van der Waals surface area contributed by atoms with Gasteiger partial charge in [-0.2, -0.15) is 0 Å². The van der Waals surface area contributed by atoms with Gasteiger partial charge in [0.25, 0.3) is 17.4 Å². The minimum atomic E-state index is -1.35. The molecule has 1 spiro atoms. The highest BCUT2D eigenvalue weighted by Gasteiger charge is 2.57. The van der Waals surface area contributed by atoms with Crippen LogP contribution in [-0.2, 0) is 20.1 Å². The van der Waals surface area contributed by atoms with E-state index in [1.54, 1.807) is 17.0 Å². The predicted octanol–water partition coefficient (Wildman–Crippen LogP) is 2.95. The molecule has 9 nitrogen and oxygen atoms in total. The Balaban J connectivity index is 1.27. The smallest absolute Gasteiger partial charge is 0.293 e. The molecule has 0 radical (unpaired) electrons. The number of carbonyl (C=O) groups excluding carboxylic acids is 1. The number of amides is 1. The van der Waals surface area contributed by atoms with Crippen LogP contribution in [0, 0.1) is 15.5 Å². The van der Waals surface area contributed by atoms with Crippen LogP contribution in [0.4, 0.5) is 17.1 Å². The molecule has 0 N–H and O–H groups in total. The minimum absolute atomic E-state index is 0.0908. The van der Waals surface area contributed by atoms with Gasteiger partial charge in [0.1, 0.15) is 0 Å². The van der Waals surface area contributed by atoms with E-state index in [4.69, 9.17) is 9.47 Å². The molecule has 3 aliphatic heterocycles. The summed E-state index contributed by atoms with van der Waals surface area (Å²) in [7, 11) is 0. The largest absolute Gasteiger partial charge is 0.369 e.